The topological polar surface area (TPSA) is 65.1 Å². The van der Waals surface area contributed by atoms with Gasteiger partial charge in [0, 0.05) is 0 Å². The zero-order valence-electron chi connectivity index (χ0n) is 16.7. The van der Waals surface area contributed by atoms with E-state index in [0.29, 0.717) is 27.3 Å². The zero-order chi connectivity index (χ0) is 20.8. The number of benzene rings is 1. The number of ether oxygens (including phenoxy) is 3. The van der Waals surface area contributed by atoms with Gasteiger partial charge in [-0.3, -0.25) is 14.5 Å². The normalized spacial score (nSPS) is 15.7. The maximum atomic E-state index is 12.6. The van der Waals surface area contributed by atoms with Crippen LogP contribution in [0.15, 0.2) is 23.1 Å². The minimum Gasteiger partial charge on any atom is -0.493 e. The van der Waals surface area contributed by atoms with Crippen LogP contribution in [0.2, 0.25) is 0 Å². The molecule has 1 aromatic carbocycles. The molecule has 0 atom stereocenters. The van der Waals surface area contributed by atoms with E-state index in [1.165, 1.54) is 4.90 Å². The summed E-state index contributed by atoms with van der Waals surface area (Å²) < 4.78 is 16.6. The summed E-state index contributed by atoms with van der Waals surface area (Å²) in [7, 11) is 1.56. The molecule has 0 spiro atoms. The monoisotopic (exact) mass is 423 g/mol. The minimum atomic E-state index is -0.469. The van der Waals surface area contributed by atoms with Gasteiger partial charge in [-0.15, -0.1) is 0 Å². The van der Waals surface area contributed by atoms with Gasteiger partial charge < -0.3 is 14.2 Å². The fourth-order valence-electron chi connectivity index (χ4n) is 2.35. The largest absolute Gasteiger partial charge is 0.493 e. The molecule has 0 N–H and O–H groups in total. The van der Waals surface area contributed by atoms with Crippen LogP contribution in [-0.4, -0.2) is 47.5 Å². The number of amides is 1. The van der Waals surface area contributed by atoms with Gasteiger partial charge >= 0.3 is 5.97 Å². The summed E-state index contributed by atoms with van der Waals surface area (Å²) in [6, 6.07) is 5.43. The molecule has 0 unspecified atom stereocenters. The molecule has 0 aliphatic carbocycles. The molecule has 1 aliphatic rings. The Kier molecular flexibility index (Phi) is 7.88. The van der Waals surface area contributed by atoms with Crippen LogP contribution in [-0.2, 0) is 14.3 Å². The number of thiocarbonyl (C=S) groups is 1. The van der Waals surface area contributed by atoms with Gasteiger partial charge in [-0.05, 0) is 43.5 Å². The summed E-state index contributed by atoms with van der Waals surface area (Å²) in [5.41, 5.74) is 0.774. The number of rotatable bonds is 8. The fraction of sp³-hybridized carbons (Fsp3) is 0.450. The molecule has 1 amide bonds. The lowest BCUT2D eigenvalue weighted by molar-refractivity contribution is -0.147. The van der Waals surface area contributed by atoms with Crippen LogP contribution in [0.1, 0.15) is 33.3 Å². The van der Waals surface area contributed by atoms with Crippen LogP contribution in [0.5, 0.6) is 11.5 Å². The summed E-state index contributed by atoms with van der Waals surface area (Å²) in [6.45, 7) is 7.89. The molecule has 0 aromatic heterocycles. The van der Waals surface area contributed by atoms with Crippen LogP contribution >= 0.6 is 24.0 Å². The minimum absolute atomic E-state index is 0.0199. The highest BCUT2D eigenvalue weighted by atomic mass is 32.2. The Morgan fingerprint density at radius 1 is 1.25 bits per heavy atom. The molecule has 8 heteroatoms. The Balaban J connectivity index is 2.13. The van der Waals surface area contributed by atoms with E-state index in [1.807, 2.05) is 33.8 Å². The SMILES string of the molecule is COc1cc(/C=C2\SC(=S)N(CC(=O)OCC(C)C)C2=O)ccc1OC(C)C. The van der Waals surface area contributed by atoms with Crippen molar-refractivity contribution in [2.24, 2.45) is 5.92 Å². The Bertz CT molecular complexity index is 789. The van der Waals surface area contributed by atoms with Gasteiger partial charge in [-0.1, -0.05) is 43.9 Å². The fourth-order valence-corrected chi connectivity index (χ4v) is 3.60. The Hall–Kier alpha value is -2.06. The number of hydrogen-bond acceptors (Lipinski definition) is 7. The van der Waals surface area contributed by atoms with Crippen LogP contribution in [0.4, 0.5) is 0 Å². The molecule has 0 saturated carbocycles. The molecule has 1 heterocycles. The number of carbonyl (C=O) groups is 2. The van der Waals surface area contributed by atoms with Crippen molar-refractivity contribution in [3.63, 3.8) is 0 Å². The summed E-state index contributed by atoms with van der Waals surface area (Å²) in [5, 5.41) is 0. The Morgan fingerprint density at radius 3 is 2.57 bits per heavy atom. The Labute approximate surface area is 175 Å². The standard InChI is InChI=1S/C20H25NO5S2/c1-12(2)11-25-18(22)10-21-19(23)17(28-20(21)27)9-14-6-7-15(26-13(3)4)16(8-14)24-5/h6-9,12-13H,10-11H2,1-5H3/b17-9-. The summed E-state index contributed by atoms with van der Waals surface area (Å²) in [5.74, 6) is 0.666. The first-order chi connectivity index (χ1) is 13.2. The molecule has 1 saturated heterocycles. The van der Waals surface area contributed by atoms with E-state index in [2.05, 4.69) is 0 Å². The van der Waals surface area contributed by atoms with E-state index in [1.54, 1.807) is 25.3 Å². The number of nitrogens with zero attached hydrogens (tertiary/aromatic N) is 1. The second kappa shape index (κ2) is 9.93. The van der Waals surface area contributed by atoms with E-state index in [9.17, 15) is 9.59 Å². The highest BCUT2D eigenvalue weighted by molar-refractivity contribution is 8.26. The van der Waals surface area contributed by atoms with Gasteiger partial charge in [0.1, 0.15) is 10.9 Å². The summed E-state index contributed by atoms with van der Waals surface area (Å²) in [6.07, 6.45) is 1.74. The third kappa shape index (κ3) is 5.97. The van der Waals surface area contributed by atoms with E-state index in [4.69, 9.17) is 26.4 Å². The van der Waals surface area contributed by atoms with Crippen LogP contribution in [0.25, 0.3) is 6.08 Å². The highest BCUT2D eigenvalue weighted by Crippen LogP contribution is 2.35. The highest BCUT2D eigenvalue weighted by Gasteiger charge is 2.33. The number of methoxy groups -OCH3 is 1. The third-order valence-electron chi connectivity index (χ3n) is 3.59. The Morgan fingerprint density at radius 2 is 1.96 bits per heavy atom. The first-order valence-corrected chi connectivity index (χ1v) is 10.2. The van der Waals surface area contributed by atoms with E-state index < -0.39 is 5.97 Å². The van der Waals surface area contributed by atoms with Crippen molar-refractivity contribution in [3.05, 3.63) is 28.7 Å². The second-order valence-corrected chi connectivity index (χ2v) is 8.60. The molecule has 6 nitrogen and oxygen atoms in total. The van der Waals surface area contributed by atoms with Crippen LogP contribution in [0, 0.1) is 5.92 Å². The molecule has 0 bridgehead atoms. The van der Waals surface area contributed by atoms with Crippen molar-refractivity contribution in [1.29, 1.82) is 0 Å². The van der Waals surface area contributed by atoms with E-state index in [0.717, 1.165) is 17.3 Å². The average molecular weight is 424 g/mol. The van der Waals surface area contributed by atoms with Crippen molar-refractivity contribution in [3.8, 4) is 11.5 Å². The quantitative estimate of drug-likeness (QED) is 0.357. The average Bonchev–Trinajstić information content (AvgIpc) is 2.88. The van der Waals surface area contributed by atoms with Crippen molar-refractivity contribution >= 4 is 46.3 Å². The van der Waals surface area contributed by atoms with Gasteiger partial charge in [0.05, 0.1) is 24.7 Å². The second-order valence-electron chi connectivity index (χ2n) is 6.92. The van der Waals surface area contributed by atoms with Crippen LogP contribution in [0.3, 0.4) is 0 Å². The maximum Gasteiger partial charge on any atom is 0.326 e. The van der Waals surface area contributed by atoms with Crippen molar-refractivity contribution in [2.75, 3.05) is 20.3 Å². The van der Waals surface area contributed by atoms with Gasteiger partial charge in [-0.2, -0.15) is 0 Å². The summed E-state index contributed by atoms with van der Waals surface area (Å²) in [4.78, 5) is 26.3. The lowest BCUT2D eigenvalue weighted by atomic mass is 10.2. The third-order valence-corrected chi connectivity index (χ3v) is 4.96. The smallest absolute Gasteiger partial charge is 0.326 e. The molecule has 1 aliphatic heterocycles. The maximum absolute atomic E-state index is 12.6. The number of hydrogen-bond donors (Lipinski definition) is 0. The lowest BCUT2D eigenvalue weighted by Crippen LogP contribution is -2.34. The molecular formula is C20H25NO5S2. The number of thioether (sulfide) groups is 1. The molecule has 152 valence electrons. The van der Waals surface area contributed by atoms with Gasteiger partial charge in [0.25, 0.3) is 5.91 Å². The van der Waals surface area contributed by atoms with E-state index in [-0.39, 0.29) is 24.5 Å². The molecule has 1 aromatic rings. The van der Waals surface area contributed by atoms with Crippen molar-refractivity contribution in [1.82, 2.24) is 4.90 Å². The number of carbonyl (C=O) groups excluding carboxylic acids is 2. The van der Waals surface area contributed by atoms with Crippen molar-refractivity contribution in [2.45, 2.75) is 33.8 Å². The van der Waals surface area contributed by atoms with Gasteiger partial charge in [0.15, 0.2) is 11.5 Å². The first-order valence-electron chi connectivity index (χ1n) is 8.97. The summed E-state index contributed by atoms with van der Waals surface area (Å²) >= 11 is 6.42. The van der Waals surface area contributed by atoms with Gasteiger partial charge in [0.2, 0.25) is 0 Å². The molecule has 28 heavy (non-hydrogen) atoms. The number of esters is 1. The molecular weight excluding hydrogens is 398 g/mol. The van der Waals surface area contributed by atoms with Crippen molar-refractivity contribution < 1.29 is 23.8 Å². The van der Waals surface area contributed by atoms with Gasteiger partial charge in [-0.25, -0.2) is 0 Å². The molecule has 1 fully saturated rings. The predicted molar refractivity (Wildman–Crippen MR) is 114 cm³/mol. The first kappa shape index (κ1) is 22.2. The van der Waals surface area contributed by atoms with E-state index >= 15 is 0 Å². The van der Waals surface area contributed by atoms with Crippen LogP contribution < -0.4 is 9.47 Å². The lowest BCUT2D eigenvalue weighted by Gasteiger charge is -2.14. The zero-order valence-corrected chi connectivity index (χ0v) is 18.3. The predicted octanol–water partition coefficient (Wildman–Crippen LogP) is 3.88. The molecule has 2 rings (SSSR count). The molecule has 0 radical (unpaired) electrons.